The van der Waals surface area contributed by atoms with Crippen LogP contribution in [0.5, 0.6) is 0 Å². The number of hydrogen-bond acceptors (Lipinski definition) is 17. The molecule has 410 valence electrons. The second kappa shape index (κ2) is 29.4. The Morgan fingerprint density at radius 2 is 0.857 bits per heavy atom. The first-order valence-corrected chi connectivity index (χ1v) is 27.7. The Kier molecular flexibility index (Phi) is 22.6. The molecule has 9 rings (SSSR count). The third-order valence-electron chi connectivity index (χ3n) is 12.6. The van der Waals surface area contributed by atoms with E-state index in [2.05, 4.69) is 61.2 Å². The van der Waals surface area contributed by atoms with E-state index in [0.717, 1.165) is 91.0 Å². The maximum absolute atomic E-state index is 12.6. The van der Waals surface area contributed by atoms with Gasteiger partial charge < -0.3 is 45.6 Å². The molecule has 0 radical (unpaired) electrons. The lowest BCUT2D eigenvalue weighted by atomic mass is 10.1. The summed E-state index contributed by atoms with van der Waals surface area (Å²) in [6.07, 6.45) is 1.96. The number of sulfonamides is 1. The van der Waals surface area contributed by atoms with Crippen LogP contribution in [-0.4, -0.2) is 178 Å². The average Bonchev–Trinajstić information content (AvgIpc) is 3.45. The first-order valence-electron chi connectivity index (χ1n) is 24.7. The number of nitrogens with zero attached hydrogens (tertiary/aromatic N) is 12. The number of nitrogens with one attached hydrogen (secondary N) is 3. The lowest BCUT2D eigenvalue weighted by Gasteiger charge is -2.35. The van der Waals surface area contributed by atoms with Gasteiger partial charge in [0.15, 0.2) is 32.9 Å². The van der Waals surface area contributed by atoms with Crippen LogP contribution in [0, 0.1) is 0 Å². The number of benzene rings is 3. The van der Waals surface area contributed by atoms with Gasteiger partial charge in [0.1, 0.15) is 0 Å². The van der Waals surface area contributed by atoms with E-state index in [1.54, 1.807) is 54.6 Å². The van der Waals surface area contributed by atoms with Crippen molar-refractivity contribution in [3.63, 3.8) is 0 Å². The van der Waals surface area contributed by atoms with Gasteiger partial charge in [-0.1, -0.05) is 71.2 Å². The molecular weight excluding hydrogens is 1070 g/mol. The van der Waals surface area contributed by atoms with Crippen LogP contribution in [0.15, 0.2) is 109 Å². The third-order valence-corrected chi connectivity index (χ3v) is 14.4. The Bertz CT molecular complexity index is 2900. The second-order valence-corrected chi connectivity index (χ2v) is 21.0. The molecule has 6 heterocycles. The summed E-state index contributed by atoms with van der Waals surface area (Å²) >= 11 is 17.2. The topological polar surface area (TPSA) is 238 Å². The molecule has 0 unspecified atom stereocenters. The van der Waals surface area contributed by atoms with Gasteiger partial charge in [0.05, 0.1) is 31.2 Å². The zero-order valence-electron chi connectivity index (χ0n) is 43.4. The number of aliphatic carboxylic acids is 1. The number of carboxylic acid groups (broad SMARTS) is 1. The molecule has 0 aliphatic carbocycles. The fourth-order valence-corrected chi connectivity index (χ4v) is 8.84. The SMILES string of the molecule is CN(c1ccc(CC(=O)N2CCN(c3ccc(Cl)nn3)CC2)cc1)S(C)(=O)=O.CNc1ccc(CC(=O)N2CCN(c3ccc(Cl)nn3)CC2)cc1.CNc1ccc(CC(=O)O)cc1.Clc1ccc(N2CCNCC2)nn1. The van der Waals surface area contributed by atoms with Gasteiger partial charge in [-0.3, -0.25) is 18.7 Å². The maximum atomic E-state index is 12.6. The number of carbonyl (C=O) groups excluding carboxylic acids is 2. The number of carbonyl (C=O) groups is 3. The van der Waals surface area contributed by atoms with Crippen molar-refractivity contribution in [2.75, 3.05) is 136 Å². The second-order valence-electron chi connectivity index (χ2n) is 17.8. The molecule has 3 aromatic carbocycles. The summed E-state index contributed by atoms with van der Waals surface area (Å²) in [4.78, 5) is 45.5. The highest BCUT2D eigenvalue weighted by Crippen LogP contribution is 2.20. The van der Waals surface area contributed by atoms with Crippen LogP contribution in [0.4, 0.5) is 34.5 Å². The molecule has 0 atom stereocenters. The highest BCUT2D eigenvalue weighted by atomic mass is 35.5. The molecule has 77 heavy (non-hydrogen) atoms. The first kappa shape index (κ1) is 59.1. The number of piperazine rings is 3. The van der Waals surface area contributed by atoms with Crippen molar-refractivity contribution in [3.8, 4) is 0 Å². The fourth-order valence-electron chi connectivity index (χ4n) is 8.04. The molecule has 6 aromatic rings. The molecule has 0 saturated carbocycles. The molecule has 2 amide bonds. The third kappa shape index (κ3) is 19.1. The molecule has 0 spiro atoms. The zero-order chi connectivity index (χ0) is 55.3. The summed E-state index contributed by atoms with van der Waals surface area (Å²) in [7, 11) is 1.90. The molecule has 3 saturated heterocycles. The highest BCUT2D eigenvalue weighted by molar-refractivity contribution is 7.92. The maximum Gasteiger partial charge on any atom is 0.307 e. The van der Waals surface area contributed by atoms with Crippen LogP contribution in [0.2, 0.25) is 15.5 Å². The van der Waals surface area contributed by atoms with E-state index in [4.69, 9.17) is 39.9 Å². The van der Waals surface area contributed by atoms with Crippen LogP contribution >= 0.6 is 34.8 Å². The van der Waals surface area contributed by atoms with E-state index >= 15 is 0 Å². The molecule has 4 N–H and O–H groups in total. The minimum absolute atomic E-state index is 0.0473. The van der Waals surface area contributed by atoms with Crippen LogP contribution in [0.3, 0.4) is 0 Å². The Balaban J connectivity index is 0.000000176. The van der Waals surface area contributed by atoms with Gasteiger partial charge in [-0.15, -0.1) is 30.6 Å². The quantitative estimate of drug-likeness (QED) is 0.114. The standard InChI is InChI=1S/C18H22ClN5O3S.C17H20ClN5O.C9H11NO2.C8H11ClN4/c1-22(28(2,26)27)15-5-3-14(4-6-15)13-18(25)24-11-9-23(10-12-24)17-8-7-16(19)20-21-17;1-19-14-4-2-13(3-5-14)12-17(24)23-10-8-22(9-11-23)16-7-6-15(18)20-21-16;1-10-8-4-2-7(3-5-8)6-9(11)12;9-7-1-2-8(12-11-7)13-5-3-10-4-6-13/h3-8H,9-13H2,1-2H3;2-7,19H,8-12H2,1H3;2-5,10H,6H2,1H3,(H,11,12);1-2,10H,3-6H2. The van der Waals surface area contributed by atoms with Crippen LogP contribution in [0.25, 0.3) is 0 Å². The molecule has 3 fully saturated rings. The van der Waals surface area contributed by atoms with Crippen molar-refractivity contribution < 1.29 is 27.9 Å². The summed E-state index contributed by atoms with van der Waals surface area (Å²) in [6.45, 7) is 9.44. The van der Waals surface area contributed by atoms with Gasteiger partial charge in [-0.25, -0.2) is 8.42 Å². The van der Waals surface area contributed by atoms with Crippen molar-refractivity contribution in [3.05, 3.63) is 141 Å². The normalized spacial score (nSPS) is 14.4. The molecule has 3 aliphatic heterocycles. The fraction of sp³-hybridized carbons (Fsp3) is 0.365. The molecule has 21 nitrogen and oxygen atoms in total. The van der Waals surface area contributed by atoms with Crippen LogP contribution < -0.4 is 35.0 Å². The number of aromatic nitrogens is 6. The summed E-state index contributed by atoms with van der Waals surface area (Å²) in [5.41, 5.74) is 5.30. The predicted octanol–water partition coefficient (Wildman–Crippen LogP) is 5.38. The number of hydrogen-bond donors (Lipinski definition) is 4. The summed E-state index contributed by atoms with van der Waals surface area (Å²) in [5.74, 6) is 1.87. The van der Waals surface area contributed by atoms with Crippen molar-refractivity contribution in [1.29, 1.82) is 0 Å². The molecular formula is C52H64Cl3N15O6S. The van der Waals surface area contributed by atoms with Crippen molar-refractivity contribution in [1.82, 2.24) is 45.7 Å². The Labute approximate surface area is 464 Å². The van der Waals surface area contributed by atoms with E-state index in [1.807, 2.05) is 78.5 Å². The minimum Gasteiger partial charge on any atom is -0.481 e. The van der Waals surface area contributed by atoms with Crippen molar-refractivity contribution in [2.45, 2.75) is 19.3 Å². The summed E-state index contributed by atoms with van der Waals surface area (Å²) in [5, 5.41) is 42.7. The summed E-state index contributed by atoms with van der Waals surface area (Å²) in [6, 6.07) is 33.1. The lowest BCUT2D eigenvalue weighted by molar-refractivity contribution is -0.136. The first-order chi connectivity index (χ1) is 37.0. The highest BCUT2D eigenvalue weighted by Gasteiger charge is 2.24. The van der Waals surface area contributed by atoms with E-state index < -0.39 is 16.0 Å². The number of amides is 2. The molecule has 0 bridgehead atoms. The largest absolute Gasteiger partial charge is 0.481 e. The van der Waals surface area contributed by atoms with E-state index in [0.29, 0.717) is 66.8 Å². The molecule has 3 aromatic heterocycles. The zero-order valence-corrected chi connectivity index (χ0v) is 46.5. The predicted molar refractivity (Wildman–Crippen MR) is 304 cm³/mol. The molecule has 25 heteroatoms. The average molecular weight is 1130 g/mol. The Morgan fingerprint density at radius 3 is 1.17 bits per heavy atom. The van der Waals surface area contributed by atoms with Crippen LogP contribution in [-0.2, 0) is 43.7 Å². The lowest BCUT2D eigenvalue weighted by Crippen LogP contribution is -2.49. The van der Waals surface area contributed by atoms with Gasteiger partial charge in [-0.05, 0) is 89.5 Å². The smallest absolute Gasteiger partial charge is 0.307 e. The van der Waals surface area contributed by atoms with E-state index in [1.165, 1.54) is 11.4 Å². The van der Waals surface area contributed by atoms with Gasteiger partial charge >= 0.3 is 5.97 Å². The number of rotatable bonds is 13. The van der Waals surface area contributed by atoms with Gasteiger partial charge in [-0.2, -0.15) is 0 Å². The van der Waals surface area contributed by atoms with Crippen LogP contribution in [0.1, 0.15) is 16.7 Å². The number of anilines is 6. The minimum atomic E-state index is -3.30. The van der Waals surface area contributed by atoms with Crippen molar-refractivity contribution in [2.24, 2.45) is 0 Å². The Morgan fingerprint density at radius 1 is 0.519 bits per heavy atom. The van der Waals surface area contributed by atoms with Gasteiger partial charge in [0, 0.05) is 111 Å². The monoisotopic (exact) mass is 1130 g/mol. The van der Waals surface area contributed by atoms with E-state index in [9.17, 15) is 22.8 Å². The number of halogens is 3. The Hall–Kier alpha value is -7.11. The van der Waals surface area contributed by atoms with Gasteiger partial charge in [0.2, 0.25) is 21.8 Å². The van der Waals surface area contributed by atoms with Gasteiger partial charge in [0.25, 0.3) is 0 Å². The summed E-state index contributed by atoms with van der Waals surface area (Å²) < 4.78 is 24.4. The van der Waals surface area contributed by atoms with Crippen molar-refractivity contribution >= 4 is 97.1 Å². The number of carboxylic acids is 1. The molecule has 3 aliphatic rings. The van der Waals surface area contributed by atoms with E-state index in [-0.39, 0.29) is 24.7 Å².